The predicted octanol–water partition coefficient (Wildman–Crippen LogP) is 0.968. The molecule has 0 atom stereocenters. The maximum absolute atomic E-state index is 9.97. The molecule has 3 rings (SSSR count). The van der Waals surface area contributed by atoms with Gasteiger partial charge in [-0.25, -0.2) is 0 Å². The SMILES string of the molecule is O=C([O-])/C=C/c1ccccc1.O=C([O-])/C=C/c1ccccc1.O=C([O-])/C=C/c1ccccc1.[In+3]. The molecule has 168 valence electrons. The standard InChI is InChI=1S/3C9H8O2.In/c3*10-9(11)7-6-8-4-2-1-3-5-8;/h3*1-7H,(H,10,11);/q;;;+3/p-3/b3*7-6+;. The Bertz CT molecular complexity index is 934. The number of aliphatic carboxylic acids is 3. The molecule has 3 aromatic rings. The zero-order chi connectivity index (χ0) is 24.3. The van der Waals surface area contributed by atoms with Gasteiger partial charge in [0.1, 0.15) is 0 Å². The molecule has 0 fully saturated rings. The van der Waals surface area contributed by atoms with Crippen LogP contribution in [0.2, 0.25) is 0 Å². The van der Waals surface area contributed by atoms with E-state index in [0.717, 1.165) is 34.9 Å². The second-order valence-corrected chi connectivity index (χ2v) is 6.19. The Morgan fingerprint density at radius 3 is 0.824 bits per heavy atom. The van der Waals surface area contributed by atoms with Crippen LogP contribution in [-0.4, -0.2) is 43.8 Å². The van der Waals surface area contributed by atoms with Crippen molar-refractivity contribution in [3.8, 4) is 0 Å². The first-order valence-corrected chi connectivity index (χ1v) is 9.69. The Hall–Kier alpha value is -3.84. The molecular formula is C27H21InO6. The van der Waals surface area contributed by atoms with Crippen LogP contribution in [-0.2, 0) is 14.4 Å². The fraction of sp³-hybridized carbons (Fsp3) is 0. The zero-order valence-electron chi connectivity index (χ0n) is 18.2. The maximum atomic E-state index is 9.97. The molecule has 0 N–H and O–H groups in total. The third kappa shape index (κ3) is 16.8. The van der Waals surface area contributed by atoms with Crippen LogP contribution in [0.25, 0.3) is 18.2 Å². The van der Waals surface area contributed by atoms with E-state index in [1.807, 2.05) is 91.0 Å². The van der Waals surface area contributed by atoms with Gasteiger partial charge in [-0.05, 0) is 34.9 Å². The van der Waals surface area contributed by atoms with Crippen molar-refractivity contribution in [1.29, 1.82) is 0 Å². The largest absolute Gasteiger partial charge is 3.00 e. The average molecular weight is 556 g/mol. The van der Waals surface area contributed by atoms with E-state index in [0.29, 0.717) is 0 Å². The number of hydrogen-bond acceptors (Lipinski definition) is 6. The van der Waals surface area contributed by atoms with Crippen LogP contribution >= 0.6 is 0 Å². The van der Waals surface area contributed by atoms with E-state index in [1.54, 1.807) is 0 Å². The quantitative estimate of drug-likeness (QED) is 0.418. The summed E-state index contributed by atoms with van der Waals surface area (Å²) in [6.07, 6.45) is 7.51. The van der Waals surface area contributed by atoms with Gasteiger partial charge in [0.05, 0.1) is 17.9 Å². The predicted molar refractivity (Wildman–Crippen MR) is 127 cm³/mol. The molecule has 6 nitrogen and oxygen atoms in total. The van der Waals surface area contributed by atoms with Crippen molar-refractivity contribution < 1.29 is 29.7 Å². The molecule has 3 aromatic carbocycles. The monoisotopic (exact) mass is 556 g/mol. The first-order valence-electron chi connectivity index (χ1n) is 9.69. The number of carboxylic acid groups (broad SMARTS) is 3. The first-order chi connectivity index (χ1) is 15.9. The maximum Gasteiger partial charge on any atom is 3.00 e. The molecule has 0 saturated heterocycles. The summed E-state index contributed by atoms with van der Waals surface area (Å²) in [7, 11) is 0. The van der Waals surface area contributed by atoms with Gasteiger partial charge in [0.25, 0.3) is 0 Å². The van der Waals surface area contributed by atoms with Crippen LogP contribution in [0.15, 0.2) is 109 Å². The second-order valence-electron chi connectivity index (χ2n) is 6.19. The van der Waals surface area contributed by atoms with Crippen LogP contribution in [0, 0.1) is 0 Å². The second kappa shape index (κ2) is 18.7. The Labute approximate surface area is 217 Å². The summed E-state index contributed by atoms with van der Waals surface area (Å²) in [6.45, 7) is 0. The number of carbonyl (C=O) groups is 3. The molecule has 0 aliphatic heterocycles. The molecule has 0 amide bonds. The van der Waals surface area contributed by atoms with Crippen molar-refractivity contribution in [3.05, 3.63) is 126 Å². The van der Waals surface area contributed by atoms with E-state index in [9.17, 15) is 29.7 Å². The Morgan fingerprint density at radius 1 is 0.441 bits per heavy atom. The van der Waals surface area contributed by atoms with E-state index in [4.69, 9.17) is 0 Å². The normalized spacial score (nSPS) is 9.88. The van der Waals surface area contributed by atoms with Crippen molar-refractivity contribution in [1.82, 2.24) is 0 Å². The van der Waals surface area contributed by atoms with Crippen LogP contribution in [0.3, 0.4) is 0 Å². The van der Waals surface area contributed by atoms with E-state index in [1.165, 1.54) is 18.2 Å². The molecule has 7 heteroatoms. The average Bonchev–Trinajstić information content (AvgIpc) is 2.83. The van der Waals surface area contributed by atoms with Gasteiger partial charge in [-0.3, -0.25) is 0 Å². The van der Waals surface area contributed by atoms with E-state index >= 15 is 0 Å². The van der Waals surface area contributed by atoms with Gasteiger partial charge < -0.3 is 29.7 Å². The summed E-state index contributed by atoms with van der Waals surface area (Å²) < 4.78 is 0. The summed E-state index contributed by atoms with van der Waals surface area (Å²) in [6, 6.07) is 27.6. The number of carboxylic acids is 3. The topological polar surface area (TPSA) is 120 Å². The van der Waals surface area contributed by atoms with Crippen molar-refractivity contribution >= 4 is 62.0 Å². The fourth-order valence-corrected chi connectivity index (χ4v) is 2.19. The summed E-state index contributed by atoms with van der Waals surface area (Å²) in [4.78, 5) is 29.9. The minimum absolute atomic E-state index is 0. The summed E-state index contributed by atoms with van der Waals surface area (Å²) >= 11 is 0. The van der Waals surface area contributed by atoms with E-state index < -0.39 is 17.9 Å². The Kier molecular flexibility index (Phi) is 16.6. The van der Waals surface area contributed by atoms with Crippen LogP contribution in [0.5, 0.6) is 0 Å². The molecule has 0 spiro atoms. The van der Waals surface area contributed by atoms with Crippen LogP contribution < -0.4 is 15.3 Å². The number of hydrogen-bond donors (Lipinski definition) is 0. The molecule has 0 bridgehead atoms. The van der Waals surface area contributed by atoms with Crippen LogP contribution in [0.1, 0.15) is 16.7 Å². The third-order valence-electron chi connectivity index (χ3n) is 3.63. The van der Waals surface area contributed by atoms with Gasteiger partial charge in [0.2, 0.25) is 0 Å². The van der Waals surface area contributed by atoms with Gasteiger partial charge in [-0.2, -0.15) is 0 Å². The molecule has 34 heavy (non-hydrogen) atoms. The van der Waals surface area contributed by atoms with Crippen molar-refractivity contribution in [2.45, 2.75) is 0 Å². The van der Waals surface area contributed by atoms with E-state index in [2.05, 4.69) is 0 Å². The molecule has 0 aromatic heterocycles. The van der Waals surface area contributed by atoms with Crippen LogP contribution in [0.4, 0.5) is 0 Å². The summed E-state index contributed by atoms with van der Waals surface area (Å²) in [5, 5.41) is 29.9. The molecule has 0 radical (unpaired) electrons. The van der Waals surface area contributed by atoms with Gasteiger partial charge >= 0.3 is 25.8 Å². The zero-order valence-corrected chi connectivity index (χ0v) is 21.4. The van der Waals surface area contributed by atoms with Gasteiger partial charge in [-0.1, -0.05) is 109 Å². The van der Waals surface area contributed by atoms with Gasteiger partial charge in [-0.15, -0.1) is 0 Å². The molecule has 0 aliphatic rings. The minimum atomic E-state index is -1.17. The molecular weight excluding hydrogens is 535 g/mol. The number of carbonyl (C=O) groups excluding carboxylic acids is 3. The van der Waals surface area contributed by atoms with Crippen molar-refractivity contribution in [3.63, 3.8) is 0 Å². The fourth-order valence-electron chi connectivity index (χ4n) is 2.19. The van der Waals surface area contributed by atoms with Gasteiger partial charge in [0.15, 0.2) is 0 Å². The Morgan fingerprint density at radius 2 is 0.647 bits per heavy atom. The summed E-state index contributed by atoms with van der Waals surface area (Å²) in [5.41, 5.74) is 2.57. The molecule has 0 heterocycles. The molecule has 0 unspecified atom stereocenters. The molecule has 0 aliphatic carbocycles. The Balaban J connectivity index is 0.000000473. The third-order valence-corrected chi connectivity index (χ3v) is 3.63. The summed E-state index contributed by atoms with van der Waals surface area (Å²) in [5.74, 6) is -3.52. The first kappa shape index (κ1) is 30.2. The van der Waals surface area contributed by atoms with Crippen molar-refractivity contribution in [2.75, 3.05) is 0 Å². The van der Waals surface area contributed by atoms with Crippen molar-refractivity contribution in [2.24, 2.45) is 0 Å². The van der Waals surface area contributed by atoms with E-state index in [-0.39, 0.29) is 25.8 Å². The van der Waals surface area contributed by atoms with Gasteiger partial charge in [0, 0.05) is 0 Å². The minimum Gasteiger partial charge on any atom is -0.545 e. The number of rotatable bonds is 6. The number of benzene rings is 3. The smallest absolute Gasteiger partial charge is 0.545 e. The molecule has 0 saturated carbocycles.